The first-order valence-corrected chi connectivity index (χ1v) is 9.26. The molecule has 23 heavy (non-hydrogen) atoms. The largest absolute Gasteiger partial charge is 0.444 e. The van der Waals surface area contributed by atoms with Gasteiger partial charge in [0.15, 0.2) is 9.84 Å². The topological polar surface area (TPSA) is 92.8 Å². The Bertz CT molecular complexity index is 586. The SMILES string of the molecule is C#CCN(C(=O)CCNC(=O)OC(C)(C)C)[C@@H]1CCS(=O)(=O)C1. The van der Waals surface area contributed by atoms with Gasteiger partial charge in [-0.3, -0.25) is 4.79 Å². The van der Waals surface area contributed by atoms with Crippen molar-refractivity contribution in [2.24, 2.45) is 0 Å². The van der Waals surface area contributed by atoms with Crippen molar-refractivity contribution in [3.05, 3.63) is 0 Å². The molecule has 0 aromatic carbocycles. The van der Waals surface area contributed by atoms with E-state index in [0.717, 1.165) is 0 Å². The number of hydrogen-bond acceptors (Lipinski definition) is 5. The molecule has 1 atom stereocenters. The van der Waals surface area contributed by atoms with Gasteiger partial charge in [0.2, 0.25) is 5.91 Å². The predicted molar refractivity (Wildman–Crippen MR) is 86.5 cm³/mol. The van der Waals surface area contributed by atoms with Crippen molar-refractivity contribution in [1.82, 2.24) is 10.2 Å². The fourth-order valence-electron chi connectivity index (χ4n) is 2.27. The summed E-state index contributed by atoms with van der Waals surface area (Å²) in [5, 5.41) is 2.50. The fourth-order valence-corrected chi connectivity index (χ4v) is 4.00. The highest BCUT2D eigenvalue weighted by molar-refractivity contribution is 7.91. The van der Waals surface area contributed by atoms with Gasteiger partial charge in [-0.25, -0.2) is 13.2 Å². The lowest BCUT2D eigenvalue weighted by molar-refractivity contribution is -0.132. The van der Waals surface area contributed by atoms with Gasteiger partial charge in [-0.05, 0) is 27.2 Å². The summed E-state index contributed by atoms with van der Waals surface area (Å²) < 4.78 is 28.2. The Labute approximate surface area is 137 Å². The zero-order valence-corrected chi connectivity index (χ0v) is 14.6. The van der Waals surface area contributed by atoms with Crippen LogP contribution in [0.15, 0.2) is 0 Å². The van der Waals surface area contributed by atoms with Gasteiger partial charge in [-0.1, -0.05) is 5.92 Å². The predicted octanol–water partition coefficient (Wildman–Crippen LogP) is 0.550. The van der Waals surface area contributed by atoms with Crippen molar-refractivity contribution in [2.75, 3.05) is 24.6 Å². The van der Waals surface area contributed by atoms with E-state index in [1.807, 2.05) is 0 Å². The number of nitrogens with zero attached hydrogens (tertiary/aromatic N) is 1. The van der Waals surface area contributed by atoms with Gasteiger partial charge in [-0.15, -0.1) is 6.42 Å². The minimum absolute atomic E-state index is 0.0392. The summed E-state index contributed by atoms with van der Waals surface area (Å²) in [4.78, 5) is 25.2. The van der Waals surface area contributed by atoms with Gasteiger partial charge in [0.25, 0.3) is 0 Å². The number of alkyl carbamates (subject to hydrolysis) is 1. The number of rotatable bonds is 5. The van der Waals surface area contributed by atoms with E-state index in [1.165, 1.54) is 4.90 Å². The van der Waals surface area contributed by atoms with Crippen molar-refractivity contribution < 1.29 is 22.7 Å². The van der Waals surface area contributed by atoms with Gasteiger partial charge < -0.3 is 15.0 Å². The second kappa shape index (κ2) is 7.68. The van der Waals surface area contributed by atoms with Crippen LogP contribution < -0.4 is 5.32 Å². The molecule has 0 spiro atoms. The highest BCUT2D eigenvalue weighted by Crippen LogP contribution is 2.18. The van der Waals surface area contributed by atoms with Crippen LogP contribution in [0, 0.1) is 12.3 Å². The number of carbonyl (C=O) groups is 2. The molecule has 2 amide bonds. The van der Waals surface area contributed by atoms with Crippen molar-refractivity contribution >= 4 is 21.8 Å². The molecule has 7 nitrogen and oxygen atoms in total. The van der Waals surface area contributed by atoms with E-state index in [4.69, 9.17) is 11.2 Å². The Hall–Kier alpha value is -1.75. The second-order valence-corrected chi connectivity index (χ2v) is 8.69. The summed E-state index contributed by atoms with van der Waals surface area (Å²) in [5.41, 5.74) is -0.609. The molecule has 0 aromatic heterocycles. The molecule has 1 fully saturated rings. The van der Waals surface area contributed by atoms with Gasteiger partial charge >= 0.3 is 6.09 Å². The maximum Gasteiger partial charge on any atom is 0.407 e. The highest BCUT2D eigenvalue weighted by atomic mass is 32.2. The molecule has 0 saturated carbocycles. The quantitative estimate of drug-likeness (QED) is 0.735. The number of sulfone groups is 1. The molecular formula is C15H24N2O5S. The number of carbonyl (C=O) groups excluding carboxylic acids is 2. The molecule has 1 saturated heterocycles. The van der Waals surface area contributed by atoms with E-state index >= 15 is 0 Å². The molecule has 130 valence electrons. The molecular weight excluding hydrogens is 320 g/mol. The number of hydrogen-bond donors (Lipinski definition) is 1. The van der Waals surface area contributed by atoms with Crippen LogP contribution in [-0.2, 0) is 19.4 Å². The van der Waals surface area contributed by atoms with Crippen LogP contribution in [0.2, 0.25) is 0 Å². The van der Waals surface area contributed by atoms with Crippen molar-refractivity contribution in [1.29, 1.82) is 0 Å². The molecule has 1 rings (SSSR count). The minimum atomic E-state index is -3.10. The summed E-state index contributed by atoms with van der Waals surface area (Å²) in [7, 11) is -3.10. The third-order valence-electron chi connectivity index (χ3n) is 3.24. The average molecular weight is 344 g/mol. The van der Waals surface area contributed by atoms with Crippen LogP contribution in [0.1, 0.15) is 33.6 Å². The number of terminal acetylenes is 1. The lowest BCUT2D eigenvalue weighted by Gasteiger charge is -2.26. The van der Waals surface area contributed by atoms with E-state index in [1.54, 1.807) is 20.8 Å². The Morgan fingerprint density at radius 3 is 2.52 bits per heavy atom. The molecule has 0 unspecified atom stereocenters. The van der Waals surface area contributed by atoms with Gasteiger partial charge in [-0.2, -0.15) is 0 Å². The molecule has 1 heterocycles. The normalized spacial score (nSPS) is 19.7. The Morgan fingerprint density at radius 2 is 2.04 bits per heavy atom. The summed E-state index contributed by atoms with van der Waals surface area (Å²) in [6, 6.07) is -0.384. The first-order valence-electron chi connectivity index (χ1n) is 7.44. The third kappa shape index (κ3) is 6.91. The lowest BCUT2D eigenvalue weighted by Crippen LogP contribution is -2.43. The number of nitrogens with one attached hydrogen (secondary N) is 1. The van der Waals surface area contributed by atoms with E-state index in [2.05, 4.69) is 11.2 Å². The number of ether oxygens (including phenoxy) is 1. The molecule has 0 aliphatic carbocycles. The first kappa shape index (κ1) is 19.3. The van der Waals surface area contributed by atoms with Crippen molar-refractivity contribution in [2.45, 2.75) is 45.3 Å². The van der Waals surface area contributed by atoms with E-state index in [9.17, 15) is 18.0 Å². The molecule has 1 aliphatic rings. The van der Waals surface area contributed by atoms with Crippen molar-refractivity contribution in [3.63, 3.8) is 0 Å². The summed E-state index contributed by atoms with van der Waals surface area (Å²) in [5.74, 6) is 2.12. The summed E-state index contributed by atoms with van der Waals surface area (Å²) in [6.07, 6.45) is 5.10. The number of amides is 2. The summed E-state index contributed by atoms with van der Waals surface area (Å²) >= 11 is 0. The smallest absolute Gasteiger partial charge is 0.407 e. The van der Waals surface area contributed by atoms with Gasteiger partial charge in [0.1, 0.15) is 5.60 Å². The first-order chi connectivity index (χ1) is 10.5. The zero-order valence-electron chi connectivity index (χ0n) is 13.8. The van der Waals surface area contributed by atoms with E-state index in [-0.39, 0.29) is 43.0 Å². The van der Waals surface area contributed by atoms with Crippen molar-refractivity contribution in [3.8, 4) is 12.3 Å². The van der Waals surface area contributed by atoms with Crippen LogP contribution in [0.5, 0.6) is 0 Å². The molecule has 8 heteroatoms. The molecule has 0 bridgehead atoms. The van der Waals surface area contributed by atoms with Crippen LogP contribution in [-0.4, -0.2) is 61.6 Å². The maximum atomic E-state index is 12.2. The Kier molecular flexibility index (Phi) is 6.45. The third-order valence-corrected chi connectivity index (χ3v) is 4.99. The van der Waals surface area contributed by atoms with Crippen LogP contribution >= 0.6 is 0 Å². The second-order valence-electron chi connectivity index (χ2n) is 6.46. The van der Waals surface area contributed by atoms with Crippen LogP contribution in [0.25, 0.3) is 0 Å². The minimum Gasteiger partial charge on any atom is -0.444 e. The van der Waals surface area contributed by atoms with E-state index < -0.39 is 21.5 Å². The lowest BCUT2D eigenvalue weighted by atomic mass is 10.2. The van der Waals surface area contributed by atoms with Gasteiger partial charge in [0.05, 0.1) is 18.1 Å². The zero-order chi connectivity index (χ0) is 17.7. The van der Waals surface area contributed by atoms with Crippen LogP contribution in [0.4, 0.5) is 4.79 Å². The van der Waals surface area contributed by atoms with E-state index in [0.29, 0.717) is 6.42 Å². The molecule has 0 radical (unpaired) electrons. The van der Waals surface area contributed by atoms with Crippen LogP contribution in [0.3, 0.4) is 0 Å². The standard InChI is InChI=1S/C15H24N2O5S/c1-5-9-17(12-7-10-23(20,21)11-12)13(18)6-8-16-14(19)22-15(2,3)4/h1,12H,6-11H2,2-4H3,(H,16,19)/t12-/m1/s1. The molecule has 1 aliphatic heterocycles. The average Bonchev–Trinajstić information content (AvgIpc) is 2.73. The fraction of sp³-hybridized carbons (Fsp3) is 0.733. The molecule has 0 aromatic rings. The Balaban J connectivity index is 2.50. The molecule has 1 N–H and O–H groups in total. The maximum absolute atomic E-state index is 12.2. The highest BCUT2D eigenvalue weighted by Gasteiger charge is 2.34. The van der Waals surface area contributed by atoms with Gasteiger partial charge in [0, 0.05) is 19.0 Å². The summed E-state index contributed by atoms with van der Waals surface area (Å²) in [6.45, 7) is 5.40. The monoisotopic (exact) mass is 344 g/mol. The Morgan fingerprint density at radius 1 is 1.39 bits per heavy atom.